The summed E-state index contributed by atoms with van der Waals surface area (Å²) in [6.07, 6.45) is 0.800. The van der Waals surface area contributed by atoms with Crippen molar-refractivity contribution in [2.45, 2.75) is 20.3 Å². The van der Waals surface area contributed by atoms with Gasteiger partial charge in [-0.1, -0.05) is 12.5 Å². The molecule has 0 aliphatic rings. The van der Waals surface area contributed by atoms with Crippen molar-refractivity contribution in [1.29, 1.82) is 0 Å². The third-order valence-corrected chi connectivity index (χ3v) is 1.45. The van der Waals surface area contributed by atoms with Gasteiger partial charge in [0, 0.05) is 0 Å². The van der Waals surface area contributed by atoms with Crippen LogP contribution in [0, 0.1) is 0 Å². The monoisotopic (exact) mass is 133 g/mol. The van der Waals surface area contributed by atoms with E-state index in [0.717, 1.165) is 12.0 Å². The van der Waals surface area contributed by atoms with Crippen LogP contribution in [0.2, 0.25) is 0 Å². The van der Waals surface area contributed by atoms with E-state index in [9.17, 15) is 8.76 Å². The first-order valence-corrected chi connectivity index (χ1v) is 3.56. The highest BCUT2D eigenvalue weighted by molar-refractivity contribution is 7.82. The van der Waals surface area contributed by atoms with Crippen molar-refractivity contribution in [2.75, 3.05) is 0 Å². The Balaban J connectivity index is 3.75. The summed E-state index contributed by atoms with van der Waals surface area (Å²) in [5.74, 6) is 0. The Labute approximate surface area is 51.9 Å². The molecule has 3 heteroatoms. The molecule has 1 unspecified atom stereocenters. The average molecular weight is 133 g/mol. The van der Waals surface area contributed by atoms with Gasteiger partial charge in [0.1, 0.15) is 0 Å². The second kappa shape index (κ2) is 3.80. The summed E-state index contributed by atoms with van der Waals surface area (Å²) >= 11 is -2.01. The first-order valence-electron chi connectivity index (χ1n) is 2.42. The number of hydrogen-bond donors (Lipinski definition) is 0. The van der Waals surface area contributed by atoms with Crippen LogP contribution < -0.4 is 0 Å². The van der Waals surface area contributed by atoms with E-state index < -0.39 is 11.1 Å². The lowest BCUT2D eigenvalue weighted by molar-refractivity contribution is 0.546. The van der Waals surface area contributed by atoms with Gasteiger partial charge in [0.15, 0.2) is 0 Å². The first-order chi connectivity index (χ1) is 3.66. The van der Waals surface area contributed by atoms with Crippen molar-refractivity contribution in [3.05, 3.63) is 11.0 Å². The zero-order valence-electron chi connectivity index (χ0n) is 5.01. The van der Waals surface area contributed by atoms with Crippen LogP contribution in [0.3, 0.4) is 0 Å². The lowest BCUT2D eigenvalue weighted by atomic mass is 10.3. The summed E-state index contributed by atoms with van der Waals surface area (Å²) in [7, 11) is 0. The van der Waals surface area contributed by atoms with Crippen LogP contribution in [0.1, 0.15) is 20.3 Å². The third-order valence-electron chi connectivity index (χ3n) is 0.855. The maximum absolute atomic E-state index is 9.89. The van der Waals surface area contributed by atoms with Crippen molar-refractivity contribution >= 4 is 11.1 Å². The molecular weight excluding hydrogens is 124 g/mol. The van der Waals surface area contributed by atoms with E-state index >= 15 is 0 Å². The van der Waals surface area contributed by atoms with Crippen LogP contribution in [0.4, 0.5) is 0 Å². The van der Waals surface area contributed by atoms with Crippen molar-refractivity contribution in [3.63, 3.8) is 0 Å². The molecule has 48 valence electrons. The van der Waals surface area contributed by atoms with Gasteiger partial charge in [-0.25, -0.2) is 0 Å². The lowest BCUT2D eigenvalue weighted by Gasteiger charge is -1.97. The summed E-state index contributed by atoms with van der Waals surface area (Å²) in [4.78, 5) is 0. The quantitative estimate of drug-likeness (QED) is 0.531. The standard InChI is InChI=1S/C5H10O2S/c1-3-5(2)4-8(6)7/h4H,3H2,1-2H3,(H,6,7)/p-1. The lowest BCUT2D eigenvalue weighted by Crippen LogP contribution is -1.80. The molecule has 0 aliphatic carbocycles. The number of rotatable bonds is 2. The van der Waals surface area contributed by atoms with E-state index in [2.05, 4.69) is 0 Å². The zero-order chi connectivity index (χ0) is 6.57. The van der Waals surface area contributed by atoms with Crippen molar-refractivity contribution in [1.82, 2.24) is 0 Å². The Morgan fingerprint density at radius 3 is 2.50 bits per heavy atom. The predicted octanol–water partition coefficient (Wildman–Crippen LogP) is 1.18. The molecule has 0 rings (SSSR count). The Morgan fingerprint density at radius 2 is 2.38 bits per heavy atom. The molecule has 0 spiro atoms. The molecule has 0 aromatic heterocycles. The van der Waals surface area contributed by atoms with E-state index in [1.54, 1.807) is 6.92 Å². The van der Waals surface area contributed by atoms with Crippen molar-refractivity contribution in [3.8, 4) is 0 Å². The molecule has 1 atom stereocenters. The van der Waals surface area contributed by atoms with Crippen LogP contribution >= 0.6 is 0 Å². The summed E-state index contributed by atoms with van der Waals surface area (Å²) < 4.78 is 19.8. The smallest absolute Gasteiger partial charge is 0.0126 e. The fourth-order valence-corrected chi connectivity index (χ4v) is 0.743. The molecule has 0 bridgehead atoms. The van der Waals surface area contributed by atoms with E-state index in [0.29, 0.717) is 0 Å². The molecule has 0 saturated carbocycles. The largest absolute Gasteiger partial charge is 0.769 e. The van der Waals surface area contributed by atoms with E-state index in [1.807, 2.05) is 6.92 Å². The molecule has 0 saturated heterocycles. The second-order valence-corrected chi connectivity index (χ2v) is 2.33. The minimum absolute atomic E-state index is 0.800. The van der Waals surface area contributed by atoms with Crippen LogP contribution in [-0.4, -0.2) is 8.76 Å². The van der Waals surface area contributed by atoms with Gasteiger partial charge in [-0.15, -0.1) is 0 Å². The van der Waals surface area contributed by atoms with Gasteiger partial charge in [-0.05, 0) is 29.8 Å². The molecule has 0 radical (unpaired) electrons. The SMILES string of the molecule is CCC(C)=CS(=O)[O-]. The van der Waals surface area contributed by atoms with Crippen molar-refractivity contribution < 1.29 is 8.76 Å². The maximum Gasteiger partial charge on any atom is -0.0126 e. The molecule has 0 aromatic rings. The number of hydrogen-bond acceptors (Lipinski definition) is 2. The Hall–Kier alpha value is -0.150. The van der Waals surface area contributed by atoms with Crippen LogP contribution in [-0.2, 0) is 11.1 Å². The third kappa shape index (κ3) is 4.02. The summed E-state index contributed by atoms with van der Waals surface area (Å²) in [5.41, 5.74) is 0.887. The Morgan fingerprint density at radius 1 is 1.88 bits per heavy atom. The van der Waals surface area contributed by atoms with Gasteiger partial charge >= 0.3 is 0 Å². The van der Waals surface area contributed by atoms with Crippen LogP contribution in [0.25, 0.3) is 0 Å². The van der Waals surface area contributed by atoms with Gasteiger partial charge < -0.3 is 4.55 Å². The topological polar surface area (TPSA) is 40.1 Å². The molecular formula is C5H9O2S-. The highest BCUT2D eigenvalue weighted by Gasteiger charge is 1.79. The fraction of sp³-hybridized carbons (Fsp3) is 0.600. The highest BCUT2D eigenvalue weighted by Crippen LogP contribution is 1.97. The summed E-state index contributed by atoms with van der Waals surface area (Å²) in [5, 5.41) is 1.22. The Kier molecular flexibility index (Phi) is 3.73. The van der Waals surface area contributed by atoms with Gasteiger partial charge in [-0.3, -0.25) is 4.21 Å². The molecule has 0 aromatic carbocycles. The minimum Gasteiger partial charge on any atom is -0.769 e. The highest BCUT2D eigenvalue weighted by atomic mass is 32.2. The number of allylic oxidation sites excluding steroid dienone is 1. The molecule has 0 aliphatic heterocycles. The maximum atomic E-state index is 9.89. The minimum atomic E-state index is -2.01. The summed E-state index contributed by atoms with van der Waals surface area (Å²) in [6.45, 7) is 3.70. The Bertz CT molecular complexity index is 118. The zero-order valence-corrected chi connectivity index (χ0v) is 5.83. The fourth-order valence-electron chi connectivity index (χ4n) is 0.248. The van der Waals surface area contributed by atoms with E-state index in [4.69, 9.17) is 0 Å². The molecule has 2 nitrogen and oxygen atoms in total. The van der Waals surface area contributed by atoms with Crippen LogP contribution in [0.5, 0.6) is 0 Å². The van der Waals surface area contributed by atoms with Gasteiger partial charge in [0.2, 0.25) is 0 Å². The molecule has 0 N–H and O–H groups in total. The molecule has 0 amide bonds. The van der Waals surface area contributed by atoms with E-state index in [-0.39, 0.29) is 0 Å². The van der Waals surface area contributed by atoms with Crippen LogP contribution in [0.15, 0.2) is 11.0 Å². The van der Waals surface area contributed by atoms with Crippen molar-refractivity contribution in [2.24, 2.45) is 0 Å². The predicted molar refractivity (Wildman–Crippen MR) is 33.0 cm³/mol. The second-order valence-electron chi connectivity index (χ2n) is 1.58. The van der Waals surface area contributed by atoms with E-state index in [1.165, 1.54) is 5.41 Å². The van der Waals surface area contributed by atoms with Gasteiger partial charge in [0.25, 0.3) is 0 Å². The average Bonchev–Trinajstić information content (AvgIpc) is 1.65. The normalized spacial score (nSPS) is 16.1. The molecule has 8 heavy (non-hydrogen) atoms. The first kappa shape index (κ1) is 7.85. The van der Waals surface area contributed by atoms with Gasteiger partial charge in [-0.2, -0.15) is 0 Å². The summed E-state index contributed by atoms with van der Waals surface area (Å²) in [6, 6.07) is 0. The molecule has 0 heterocycles. The molecule has 0 fully saturated rings. The van der Waals surface area contributed by atoms with Gasteiger partial charge in [0.05, 0.1) is 0 Å².